The Bertz CT molecular complexity index is 795. The van der Waals surface area contributed by atoms with Crippen molar-refractivity contribution in [3.63, 3.8) is 0 Å². The molecule has 0 fully saturated rings. The van der Waals surface area contributed by atoms with E-state index in [-0.39, 0.29) is 17.9 Å². The second kappa shape index (κ2) is 5.50. The Labute approximate surface area is 124 Å². The van der Waals surface area contributed by atoms with E-state index in [2.05, 4.69) is 4.98 Å². The van der Waals surface area contributed by atoms with Crippen LogP contribution < -0.4 is 15.0 Å². The summed E-state index contributed by atoms with van der Waals surface area (Å²) in [5.74, 6) is 1.36. The third-order valence-electron chi connectivity index (χ3n) is 3.10. The smallest absolute Gasteiger partial charge is 0.272 e. The molecule has 0 saturated heterocycles. The SMILES string of the molecule is CSc1ncn(Cc2ccc3c(c2)OCO3)c(=O)c1C#N. The van der Waals surface area contributed by atoms with Gasteiger partial charge in [-0.3, -0.25) is 9.36 Å². The first-order valence-corrected chi connectivity index (χ1v) is 7.37. The molecule has 0 spiro atoms. The largest absolute Gasteiger partial charge is 0.454 e. The van der Waals surface area contributed by atoms with Gasteiger partial charge in [-0.2, -0.15) is 5.26 Å². The highest BCUT2D eigenvalue weighted by atomic mass is 32.2. The maximum atomic E-state index is 12.2. The zero-order valence-electron chi connectivity index (χ0n) is 11.2. The Morgan fingerprint density at radius 3 is 3.00 bits per heavy atom. The number of thioether (sulfide) groups is 1. The Kier molecular flexibility index (Phi) is 3.54. The van der Waals surface area contributed by atoms with E-state index < -0.39 is 0 Å². The van der Waals surface area contributed by atoms with Gasteiger partial charge in [-0.05, 0) is 24.0 Å². The normalized spacial score (nSPS) is 12.2. The first kappa shape index (κ1) is 13.5. The lowest BCUT2D eigenvalue weighted by Crippen LogP contribution is -2.24. The zero-order valence-corrected chi connectivity index (χ0v) is 12.0. The predicted molar refractivity (Wildman–Crippen MR) is 76.7 cm³/mol. The first-order valence-electron chi connectivity index (χ1n) is 6.15. The van der Waals surface area contributed by atoms with Crippen LogP contribution in [0.1, 0.15) is 11.1 Å². The molecule has 0 radical (unpaired) electrons. The second-order valence-electron chi connectivity index (χ2n) is 4.36. The van der Waals surface area contributed by atoms with Gasteiger partial charge in [0.1, 0.15) is 16.7 Å². The average Bonchev–Trinajstić information content (AvgIpc) is 2.96. The van der Waals surface area contributed by atoms with Crippen LogP contribution in [0.25, 0.3) is 0 Å². The molecule has 0 saturated carbocycles. The molecule has 1 aliphatic rings. The molecule has 0 N–H and O–H groups in total. The number of benzene rings is 1. The van der Waals surface area contributed by atoms with Gasteiger partial charge >= 0.3 is 0 Å². The van der Waals surface area contributed by atoms with E-state index >= 15 is 0 Å². The summed E-state index contributed by atoms with van der Waals surface area (Å²) in [6.45, 7) is 0.535. The summed E-state index contributed by atoms with van der Waals surface area (Å²) in [4.78, 5) is 16.4. The molecule has 7 heteroatoms. The van der Waals surface area contributed by atoms with Gasteiger partial charge < -0.3 is 9.47 Å². The van der Waals surface area contributed by atoms with Crippen LogP contribution in [0.2, 0.25) is 0 Å². The van der Waals surface area contributed by atoms with Crippen LogP contribution in [0.4, 0.5) is 0 Å². The van der Waals surface area contributed by atoms with Gasteiger partial charge in [-0.1, -0.05) is 6.07 Å². The fraction of sp³-hybridized carbons (Fsp3) is 0.214. The van der Waals surface area contributed by atoms with Crippen molar-refractivity contribution >= 4 is 11.8 Å². The Morgan fingerprint density at radius 1 is 1.43 bits per heavy atom. The van der Waals surface area contributed by atoms with Gasteiger partial charge in [-0.25, -0.2) is 4.98 Å². The molecule has 2 heterocycles. The number of rotatable bonds is 3. The van der Waals surface area contributed by atoms with Gasteiger partial charge in [0, 0.05) is 0 Å². The molecule has 0 unspecified atom stereocenters. The molecule has 1 aromatic carbocycles. The molecular weight excluding hydrogens is 290 g/mol. The second-order valence-corrected chi connectivity index (χ2v) is 5.16. The monoisotopic (exact) mass is 301 g/mol. The quantitative estimate of drug-likeness (QED) is 0.633. The Hall–Kier alpha value is -2.46. The number of hydrogen-bond donors (Lipinski definition) is 0. The molecule has 106 valence electrons. The lowest BCUT2D eigenvalue weighted by atomic mass is 10.2. The van der Waals surface area contributed by atoms with E-state index in [0.29, 0.717) is 23.1 Å². The summed E-state index contributed by atoms with van der Waals surface area (Å²) in [7, 11) is 0. The minimum Gasteiger partial charge on any atom is -0.454 e. The van der Waals surface area contributed by atoms with Gasteiger partial charge in [0.15, 0.2) is 11.5 Å². The lowest BCUT2D eigenvalue weighted by Gasteiger charge is -2.08. The van der Waals surface area contributed by atoms with Gasteiger partial charge in [-0.15, -0.1) is 11.8 Å². The highest BCUT2D eigenvalue weighted by Crippen LogP contribution is 2.32. The number of fused-ring (bicyclic) bond motifs is 1. The summed E-state index contributed by atoms with van der Waals surface area (Å²) in [6, 6.07) is 7.40. The Balaban J connectivity index is 1.96. The van der Waals surface area contributed by atoms with Gasteiger partial charge in [0.2, 0.25) is 6.79 Å². The number of nitriles is 1. The summed E-state index contributed by atoms with van der Waals surface area (Å²) >= 11 is 1.28. The van der Waals surface area contributed by atoms with Crippen LogP contribution in [0, 0.1) is 11.3 Å². The van der Waals surface area contributed by atoms with E-state index in [9.17, 15) is 4.79 Å². The average molecular weight is 301 g/mol. The van der Waals surface area contributed by atoms with E-state index in [0.717, 1.165) is 5.56 Å². The fourth-order valence-electron chi connectivity index (χ4n) is 2.07. The van der Waals surface area contributed by atoms with Crippen molar-refractivity contribution < 1.29 is 9.47 Å². The van der Waals surface area contributed by atoms with Crippen molar-refractivity contribution in [1.82, 2.24) is 9.55 Å². The number of nitrogens with zero attached hydrogens (tertiary/aromatic N) is 3. The molecule has 0 atom stereocenters. The summed E-state index contributed by atoms with van der Waals surface area (Å²) in [5.41, 5.74) is 0.615. The maximum Gasteiger partial charge on any atom is 0.272 e. The van der Waals surface area contributed by atoms with E-state index in [1.807, 2.05) is 18.2 Å². The summed E-state index contributed by atoms with van der Waals surface area (Å²) in [5, 5.41) is 9.54. The third kappa shape index (κ3) is 2.45. The molecule has 0 aliphatic carbocycles. The standard InChI is InChI=1S/C14H11N3O3S/c1-21-13-10(5-15)14(18)17(7-16-13)6-9-2-3-11-12(4-9)20-8-19-11/h2-4,7H,6,8H2,1H3. The van der Waals surface area contributed by atoms with Crippen molar-refractivity contribution in [2.75, 3.05) is 13.0 Å². The predicted octanol–water partition coefficient (Wildman–Crippen LogP) is 1.61. The molecule has 0 bridgehead atoms. The third-order valence-corrected chi connectivity index (χ3v) is 3.79. The molecule has 1 aliphatic heterocycles. The van der Waals surface area contributed by atoms with Crippen LogP contribution in [0.3, 0.4) is 0 Å². The molecule has 2 aromatic rings. The van der Waals surface area contributed by atoms with Gasteiger partial charge in [0.25, 0.3) is 5.56 Å². The minimum atomic E-state index is -0.338. The lowest BCUT2D eigenvalue weighted by molar-refractivity contribution is 0.174. The van der Waals surface area contributed by atoms with E-state index in [1.165, 1.54) is 22.7 Å². The van der Waals surface area contributed by atoms with Crippen LogP contribution in [0.15, 0.2) is 34.3 Å². The molecule has 3 rings (SSSR count). The topological polar surface area (TPSA) is 77.1 Å². The van der Waals surface area contributed by atoms with Gasteiger partial charge in [0.05, 0.1) is 12.9 Å². The summed E-state index contributed by atoms with van der Waals surface area (Å²) < 4.78 is 12.0. The van der Waals surface area contributed by atoms with E-state index in [1.54, 1.807) is 12.3 Å². The minimum absolute atomic E-state index is 0.0748. The van der Waals surface area contributed by atoms with Crippen molar-refractivity contribution in [1.29, 1.82) is 5.26 Å². The summed E-state index contributed by atoms with van der Waals surface area (Å²) in [6.07, 6.45) is 3.24. The van der Waals surface area contributed by atoms with Crippen LogP contribution in [0.5, 0.6) is 11.5 Å². The highest BCUT2D eigenvalue weighted by Gasteiger charge is 2.15. The number of hydrogen-bond acceptors (Lipinski definition) is 6. The van der Waals surface area contributed by atoms with Crippen molar-refractivity contribution in [3.8, 4) is 17.6 Å². The van der Waals surface area contributed by atoms with Crippen LogP contribution in [-0.4, -0.2) is 22.6 Å². The molecule has 6 nitrogen and oxygen atoms in total. The van der Waals surface area contributed by atoms with Crippen molar-refractivity contribution in [3.05, 3.63) is 46.0 Å². The van der Waals surface area contributed by atoms with E-state index in [4.69, 9.17) is 14.7 Å². The van der Waals surface area contributed by atoms with Crippen molar-refractivity contribution in [2.24, 2.45) is 0 Å². The highest BCUT2D eigenvalue weighted by molar-refractivity contribution is 7.98. The number of aromatic nitrogens is 2. The number of ether oxygens (including phenoxy) is 2. The van der Waals surface area contributed by atoms with Crippen LogP contribution in [-0.2, 0) is 6.54 Å². The molecular formula is C14H11N3O3S. The van der Waals surface area contributed by atoms with Crippen molar-refractivity contribution in [2.45, 2.75) is 11.6 Å². The fourth-order valence-corrected chi connectivity index (χ4v) is 2.56. The molecule has 21 heavy (non-hydrogen) atoms. The first-order chi connectivity index (χ1) is 10.2. The zero-order chi connectivity index (χ0) is 14.8. The maximum absolute atomic E-state index is 12.2. The Morgan fingerprint density at radius 2 is 2.24 bits per heavy atom. The molecule has 1 aromatic heterocycles. The molecule has 0 amide bonds. The van der Waals surface area contributed by atoms with Crippen LogP contribution >= 0.6 is 11.8 Å².